The normalized spacial score (nSPS) is 16.3. The Morgan fingerprint density at radius 1 is 1.08 bits per heavy atom. The maximum atomic E-state index is 11.2. The lowest BCUT2D eigenvalue weighted by Crippen LogP contribution is -2.50. The molecular weight excluding hydrogens is 316 g/mol. The number of aryl methyl sites for hydroxylation is 1. The number of carboxylic acid groups (broad SMARTS) is 1. The third-order valence-corrected chi connectivity index (χ3v) is 4.67. The van der Waals surface area contributed by atoms with Crippen LogP contribution in [0.5, 0.6) is 0 Å². The molecule has 1 fully saturated rings. The molecule has 0 radical (unpaired) electrons. The van der Waals surface area contributed by atoms with Crippen molar-refractivity contribution >= 4 is 29.0 Å². The van der Waals surface area contributed by atoms with Crippen LogP contribution in [0.25, 0.3) is 0 Å². The number of amides is 1. The maximum absolute atomic E-state index is 11.2. The summed E-state index contributed by atoms with van der Waals surface area (Å²) in [7, 11) is 0. The summed E-state index contributed by atoms with van der Waals surface area (Å²) < 4.78 is 0. The first kappa shape index (κ1) is 15.5. The number of amidine groups is 1. The van der Waals surface area contributed by atoms with Gasteiger partial charge in [-0.05, 0) is 36.8 Å². The summed E-state index contributed by atoms with van der Waals surface area (Å²) in [6, 6.07) is 14.3. The molecule has 4 rings (SSSR count). The van der Waals surface area contributed by atoms with Gasteiger partial charge in [0.05, 0.1) is 11.4 Å². The number of rotatable bonds is 0. The number of carbonyl (C=O) groups is 1. The molecule has 0 aromatic heterocycles. The van der Waals surface area contributed by atoms with Crippen LogP contribution in [-0.2, 0) is 0 Å². The predicted octanol–water partition coefficient (Wildman–Crippen LogP) is 3.43. The van der Waals surface area contributed by atoms with Gasteiger partial charge in [-0.1, -0.05) is 18.2 Å². The number of hydrogen-bond acceptors (Lipinski definition) is 4. The van der Waals surface area contributed by atoms with E-state index in [-0.39, 0.29) is 0 Å². The van der Waals surface area contributed by atoms with Crippen molar-refractivity contribution in [1.82, 2.24) is 9.80 Å². The molecule has 1 saturated heterocycles. The topological polar surface area (TPSA) is 68.2 Å². The summed E-state index contributed by atoms with van der Waals surface area (Å²) in [5, 5.41) is 12.6. The Bertz CT molecular complexity index is 854. The van der Waals surface area contributed by atoms with E-state index >= 15 is 0 Å². The van der Waals surface area contributed by atoms with E-state index in [0.29, 0.717) is 26.2 Å². The summed E-state index contributed by atoms with van der Waals surface area (Å²) >= 11 is 0. The molecule has 1 amide bonds. The first-order valence-corrected chi connectivity index (χ1v) is 8.40. The highest BCUT2D eigenvalue weighted by Crippen LogP contribution is 2.35. The molecule has 2 aliphatic heterocycles. The fourth-order valence-corrected chi connectivity index (χ4v) is 3.30. The van der Waals surface area contributed by atoms with Gasteiger partial charge in [0.15, 0.2) is 0 Å². The second-order valence-corrected chi connectivity index (χ2v) is 6.38. The number of fused-ring (bicyclic) bond motifs is 2. The Labute approximate surface area is 146 Å². The Kier molecular flexibility index (Phi) is 3.80. The lowest BCUT2D eigenvalue weighted by molar-refractivity contribution is 0.124. The average Bonchev–Trinajstić information content (AvgIpc) is 2.78. The molecule has 6 heteroatoms. The van der Waals surface area contributed by atoms with Crippen molar-refractivity contribution in [3.8, 4) is 0 Å². The largest absolute Gasteiger partial charge is 0.465 e. The molecule has 0 atom stereocenters. The minimum absolute atomic E-state index is 0.491. The van der Waals surface area contributed by atoms with Crippen LogP contribution >= 0.6 is 0 Å². The van der Waals surface area contributed by atoms with E-state index in [1.165, 1.54) is 4.90 Å². The van der Waals surface area contributed by atoms with E-state index in [4.69, 9.17) is 10.1 Å². The highest BCUT2D eigenvalue weighted by atomic mass is 16.4. The number of benzene rings is 2. The number of hydrogen-bond donors (Lipinski definition) is 2. The average molecular weight is 336 g/mol. The van der Waals surface area contributed by atoms with Gasteiger partial charge in [-0.15, -0.1) is 0 Å². The summed E-state index contributed by atoms with van der Waals surface area (Å²) in [4.78, 5) is 19.7. The SMILES string of the molecule is Cc1ccc2c(c1)N=C(N1CCN(C(=O)O)CC1)c1ccccc1N2. The number of nitrogens with one attached hydrogen (secondary N) is 1. The summed E-state index contributed by atoms with van der Waals surface area (Å²) in [5.74, 6) is 0.900. The monoisotopic (exact) mass is 336 g/mol. The molecule has 2 aromatic carbocycles. The van der Waals surface area contributed by atoms with Crippen LogP contribution in [0.2, 0.25) is 0 Å². The van der Waals surface area contributed by atoms with Crippen molar-refractivity contribution in [2.75, 3.05) is 31.5 Å². The van der Waals surface area contributed by atoms with Crippen LogP contribution in [0.3, 0.4) is 0 Å². The van der Waals surface area contributed by atoms with E-state index in [1.807, 2.05) is 18.2 Å². The molecule has 2 aromatic rings. The Morgan fingerprint density at radius 3 is 2.60 bits per heavy atom. The highest BCUT2D eigenvalue weighted by Gasteiger charge is 2.26. The Hall–Kier alpha value is -3.02. The molecule has 2 aliphatic rings. The van der Waals surface area contributed by atoms with E-state index in [9.17, 15) is 4.79 Å². The van der Waals surface area contributed by atoms with Crippen molar-refractivity contribution in [2.24, 2.45) is 4.99 Å². The van der Waals surface area contributed by atoms with Crippen LogP contribution in [-0.4, -0.2) is 53.0 Å². The van der Waals surface area contributed by atoms with E-state index in [1.54, 1.807) is 0 Å². The second-order valence-electron chi connectivity index (χ2n) is 6.38. The zero-order valence-corrected chi connectivity index (χ0v) is 14.1. The summed E-state index contributed by atoms with van der Waals surface area (Å²) in [6.45, 7) is 4.32. The van der Waals surface area contributed by atoms with Gasteiger partial charge >= 0.3 is 6.09 Å². The molecular formula is C19H20N4O2. The number of para-hydroxylation sites is 1. The number of piperazine rings is 1. The highest BCUT2D eigenvalue weighted by molar-refractivity contribution is 6.07. The second kappa shape index (κ2) is 6.12. The van der Waals surface area contributed by atoms with Gasteiger partial charge in [-0.3, -0.25) is 0 Å². The molecule has 25 heavy (non-hydrogen) atoms. The lowest BCUT2D eigenvalue weighted by Gasteiger charge is -2.35. The lowest BCUT2D eigenvalue weighted by atomic mass is 10.1. The third-order valence-electron chi connectivity index (χ3n) is 4.67. The van der Waals surface area contributed by atoms with Gasteiger partial charge in [-0.25, -0.2) is 9.79 Å². The quantitative estimate of drug-likeness (QED) is 0.773. The van der Waals surface area contributed by atoms with Crippen LogP contribution < -0.4 is 5.32 Å². The van der Waals surface area contributed by atoms with Gasteiger partial charge in [0.1, 0.15) is 5.84 Å². The first-order valence-electron chi connectivity index (χ1n) is 8.40. The van der Waals surface area contributed by atoms with Crippen LogP contribution in [0.15, 0.2) is 47.5 Å². The van der Waals surface area contributed by atoms with E-state index in [2.05, 4.69) is 41.4 Å². The van der Waals surface area contributed by atoms with Gasteiger partial charge in [-0.2, -0.15) is 0 Å². The van der Waals surface area contributed by atoms with Crippen LogP contribution in [0, 0.1) is 6.92 Å². The molecule has 128 valence electrons. The van der Waals surface area contributed by atoms with E-state index < -0.39 is 6.09 Å². The maximum Gasteiger partial charge on any atom is 0.407 e. The minimum Gasteiger partial charge on any atom is -0.465 e. The molecule has 0 aliphatic carbocycles. The molecule has 0 spiro atoms. The number of aliphatic imine (C=N–C) groups is 1. The zero-order valence-electron chi connectivity index (χ0n) is 14.1. The van der Waals surface area contributed by atoms with Gasteiger partial charge in [0.2, 0.25) is 0 Å². The first-order chi connectivity index (χ1) is 12.1. The van der Waals surface area contributed by atoms with Crippen molar-refractivity contribution in [2.45, 2.75) is 6.92 Å². The fourth-order valence-electron chi connectivity index (χ4n) is 3.30. The molecule has 0 bridgehead atoms. The molecule has 0 unspecified atom stereocenters. The molecule has 6 nitrogen and oxygen atoms in total. The Balaban J connectivity index is 1.75. The van der Waals surface area contributed by atoms with Gasteiger partial charge < -0.3 is 20.2 Å². The number of nitrogens with zero attached hydrogens (tertiary/aromatic N) is 3. The van der Waals surface area contributed by atoms with Crippen molar-refractivity contribution in [1.29, 1.82) is 0 Å². The summed E-state index contributed by atoms with van der Waals surface area (Å²) in [6.07, 6.45) is -0.856. The smallest absolute Gasteiger partial charge is 0.407 e. The summed E-state index contributed by atoms with van der Waals surface area (Å²) in [5.41, 5.74) is 5.11. The van der Waals surface area contributed by atoms with Crippen LogP contribution in [0.4, 0.5) is 21.9 Å². The van der Waals surface area contributed by atoms with Crippen molar-refractivity contribution in [3.63, 3.8) is 0 Å². The van der Waals surface area contributed by atoms with E-state index in [0.717, 1.165) is 34.0 Å². The molecule has 2 heterocycles. The number of anilines is 2. The van der Waals surface area contributed by atoms with Gasteiger partial charge in [0, 0.05) is 37.4 Å². The predicted molar refractivity (Wildman–Crippen MR) is 98.3 cm³/mol. The Morgan fingerprint density at radius 2 is 1.84 bits per heavy atom. The third kappa shape index (κ3) is 2.91. The van der Waals surface area contributed by atoms with Crippen molar-refractivity contribution < 1.29 is 9.90 Å². The molecule has 0 saturated carbocycles. The zero-order chi connectivity index (χ0) is 17.4. The minimum atomic E-state index is -0.856. The standard InChI is InChI=1S/C19H20N4O2/c1-13-6-7-16-17(12-13)21-18(14-4-2-3-5-15(14)20-16)22-8-10-23(11-9-22)19(24)25/h2-7,12,20H,8-11H2,1H3,(H,24,25). The molecule has 2 N–H and O–H groups in total. The van der Waals surface area contributed by atoms with Crippen molar-refractivity contribution in [3.05, 3.63) is 53.6 Å². The van der Waals surface area contributed by atoms with Crippen LogP contribution in [0.1, 0.15) is 11.1 Å². The fraction of sp³-hybridized carbons (Fsp3) is 0.263. The van der Waals surface area contributed by atoms with Gasteiger partial charge in [0.25, 0.3) is 0 Å².